The average Bonchev–Trinajstić information content (AvgIpc) is 2.84. The number of carboxylic acids is 1. The number of carboxylic acid groups (broad SMARTS) is 1. The number of esters is 1. The van der Waals surface area contributed by atoms with E-state index >= 15 is 0 Å². The van der Waals surface area contributed by atoms with Crippen molar-refractivity contribution < 1.29 is 19.4 Å². The summed E-state index contributed by atoms with van der Waals surface area (Å²) in [4.78, 5) is 25.3. The molecule has 1 N–H and O–H groups in total. The second-order valence-electron chi connectivity index (χ2n) is 8.48. The van der Waals surface area contributed by atoms with Gasteiger partial charge in [-0.2, -0.15) is 0 Å². The molecule has 0 saturated heterocycles. The molecule has 0 heterocycles. The van der Waals surface area contributed by atoms with E-state index < -0.39 is 17.4 Å². The van der Waals surface area contributed by atoms with Crippen LogP contribution in [0.3, 0.4) is 0 Å². The molecule has 0 aromatic heterocycles. The van der Waals surface area contributed by atoms with Crippen molar-refractivity contribution in [2.45, 2.75) is 80.3 Å². The first-order valence-electron chi connectivity index (χ1n) is 9.53. The molecule has 0 aliphatic heterocycles. The Morgan fingerprint density at radius 3 is 2.04 bits per heavy atom. The van der Waals surface area contributed by atoms with Crippen LogP contribution in [0.1, 0.15) is 74.1 Å². The van der Waals surface area contributed by atoms with Crippen molar-refractivity contribution >= 4 is 11.9 Å². The van der Waals surface area contributed by atoms with E-state index in [1.807, 2.05) is 27.7 Å². The molecule has 4 heteroatoms. The summed E-state index contributed by atoms with van der Waals surface area (Å²) in [5.74, 6) is -0.651. The summed E-state index contributed by atoms with van der Waals surface area (Å²) in [6.45, 7) is 14.4. The number of hydrogen-bond donors (Lipinski definition) is 1. The van der Waals surface area contributed by atoms with Gasteiger partial charge in [-0.3, -0.25) is 9.59 Å². The van der Waals surface area contributed by atoms with E-state index in [0.717, 1.165) is 19.3 Å². The first kappa shape index (κ1) is 21.0. The van der Waals surface area contributed by atoms with Crippen molar-refractivity contribution in [3.05, 3.63) is 0 Å². The van der Waals surface area contributed by atoms with Gasteiger partial charge >= 0.3 is 11.9 Å². The standard InChI is InChI=1S/C20H36O4/c1-8-9-16-15(12(2)3)10-11-20(16,18(21)22)19(23)24-17(13(4)5)14(6)7/h12-17H,8-11H2,1-7H3,(H,21,22). The quantitative estimate of drug-likeness (QED) is 0.511. The highest BCUT2D eigenvalue weighted by atomic mass is 16.5. The first-order valence-corrected chi connectivity index (χ1v) is 9.53. The third kappa shape index (κ3) is 3.94. The second kappa shape index (κ2) is 8.35. The van der Waals surface area contributed by atoms with Crippen molar-refractivity contribution in [3.63, 3.8) is 0 Å². The second-order valence-corrected chi connectivity index (χ2v) is 8.48. The van der Waals surface area contributed by atoms with Crippen molar-refractivity contribution in [1.82, 2.24) is 0 Å². The van der Waals surface area contributed by atoms with Gasteiger partial charge in [-0.1, -0.05) is 54.9 Å². The van der Waals surface area contributed by atoms with Crippen molar-refractivity contribution in [1.29, 1.82) is 0 Å². The minimum absolute atomic E-state index is 0.132. The zero-order valence-electron chi connectivity index (χ0n) is 16.5. The van der Waals surface area contributed by atoms with Gasteiger partial charge in [0.1, 0.15) is 6.10 Å². The van der Waals surface area contributed by atoms with Gasteiger partial charge in [-0.05, 0) is 48.9 Å². The topological polar surface area (TPSA) is 63.6 Å². The Kier molecular flexibility index (Phi) is 7.30. The Bertz CT molecular complexity index is 433. The molecule has 4 nitrogen and oxygen atoms in total. The highest BCUT2D eigenvalue weighted by Crippen LogP contribution is 2.53. The zero-order valence-corrected chi connectivity index (χ0v) is 16.5. The van der Waals surface area contributed by atoms with E-state index in [9.17, 15) is 14.7 Å². The minimum Gasteiger partial charge on any atom is -0.480 e. The minimum atomic E-state index is -1.37. The number of aliphatic carboxylic acids is 1. The summed E-state index contributed by atoms with van der Waals surface area (Å²) in [5, 5.41) is 10.0. The fourth-order valence-electron chi connectivity index (χ4n) is 4.59. The molecule has 0 radical (unpaired) electrons. The average molecular weight is 341 g/mol. The number of carbonyl (C=O) groups is 2. The lowest BCUT2D eigenvalue weighted by Crippen LogP contribution is -2.47. The van der Waals surface area contributed by atoms with Crippen molar-refractivity contribution in [2.24, 2.45) is 35.0 Å². The lowest BCUT2D eigenvalue weighted by atomic mass is 9.70. The summed E-state index contributed by atoms with van der Waals surface area (Å²) in [5.41, 5.74) is -1.37. The SMILES string of the molecule is CCCC1C(C(C)C)CCC1(C(=O)O)C(=O)OC(C(C)C)C(C)C. The highest BCUT2D eigenvalue weighted by Gasteiger charge is 2.60. The van der Waals surface area contributed by atoms with E-state index in [1.54, 1.807) is 0 Å². The molecule has 0 spiro atoms. The van der Waals surface area contributed by atoms with Gasteiger partial charge < -0.3 is 9.84 Å². The maximum absolute atomic E-state index is 13.1. The van der Waals surface area contributed by atoms with E-state index in [1.165, 1.54) is 0 Å². The Labute approximate surface area is 147 Å². The van der Waals surface area contributed by atoms with Gasteiger partial charge in [0.15, 0.2) is 5.41 Å². The van der Waals surface area contributed by atoms with Crippen LogP contribution in [0.4, 0.5) is 0 Å². The molecular weight excluding hydrogens is 304 g/mol. The Morgan fingerprint density at radius 1 is 1.12 bits per heavy atom. The number of rotatable bonds is 8. The summed E-state index contributed by atoms with van der Waals surface area (Å²) in [7, 11) is 0. The monoisotopic (exact) mass is 340 g/mol. The number of ether oxygens (including phenoxy) is 1. The van der Waals surface area contributed by atoms with Crippen LogP contribution in [0.5, 0.6) is 0 Å². The normalized spacial score (nSPS) is 27.5. The lowest BCUT2D eigenvalue weighted by Gasteiger charge is -2.35. The maximum Gasteiger partial charge on any atom is 0.324 e. The Hall–Kier alpha value is -1.06. The van der Waals surface area contributed by atoms with Crippen LogP contribution in [0.25, 0.3) is 0 Å². The molecule has 0 aromatic rings. The molecule has 1 aliphatic rings. The largest absolute Gasteiger partial charge is 0.480 e. The molecule has 3 unspecified atom stereocenters. The van der Waals surface area contributed by atoms with Crippen LogP contribution in [-0.4, -0.2) is 23.1 Å². The molecule has 1 saturated carbocycles. The van der Waals surface area contributed by atoms with Gasteiger partial charge in [-0.25, -0.2) is 0 Å². The summed E-state index contributed by atoms with van der Waals surface area (Å²) in [6.07, 6.45) is 2.59. The van der Waals surface area contributed by atoms with Crippen LogP contribution in [0, 0.1) is 35.0 Å². The summed E-state index contributed by atoms with van der Waals surface area (Å²) in [6, 6.07) is 0. The Balaban J connectivity index is 3.19. The van der Waals surface area contributed by atoms with E-state index in [2.05, 4.69) is 20.8 Å². The van der Waals surface area contributed by atoms with Crippen molar-refractivity contribution in [2.75, 3.05) is 0 Å². The first-order chi connectivity index (χ1) is 11.1. The number of hydrogen-bond acceptors (Lipinski definition) is 3. The van der Waals surface area contributed by atoms with E-state index in [-0.39, 0.29) is 29.8 Å². The van der Waals surface area contributed by atoms with E-state index in [0.29, 0.717) is 12.3 Å². The molecule has 0 aromatic carbocycles. The maximum atomic E-state index is 13.1. The predicted octanol–water partition coefficient (Wildman–Crippen LogP) is 4.76. The molecule has 1 fully saturated rings. The van der Waals surface area contributed by atoms with E-state index in [4.69, 9.17) is 4.74 Å². The van der Waals surface area contributed by atoms with Gasteiger partial charge in [0.05, 0.1) is 0 Å². The fraction of sp³-hybridized carbons (Fsp3) is 0.900. The van der Waals surface area contributed by atoms with Crippen LogP contribution in [0.2, 0.25) is 0 Å². The van der Waals surface area contributed by atoms with Gasteiger partial charge in [0.2, 0.25) is 0 Å². The van der Waals surface area contributed by atoms with Crippen LogP contribution >= 0.6 is 0 Å². The Morgan fingerprint density at radius 2 is 1.67 bits per heavy atom. The number of carbonyl (C=O) groups excluding carboxylic acids is 1. The predicted molar refractivity (Wildman–Crippen MR) is 95.6 cm³/mol. The molecule has 3 atom stereocenters. The third-order valence-electron chi connectivity index (χ3n) is 5.78. The van der Waals surface area contributed by atoms with Gasteiger partial charge in [-0.15, -0.1) is 0 Å². The van der Waals surface area contributed by atoms with Gasteiger partial charge in [0.25, 0.3) is 0 Å². The molecule has 140 valence electrons. The summed E-state index contributed by atoms with van der Waals surface area (Å²) >= 11 is 0. The third-order valence-corrected chi connectivity index (χ3v) is 5.78. The van der Waals surface area contributed by atoms with Crippen LogP contribution in [-0.2, 0) is 14.3 Å². The molecular formula is C20H36O4. The smallest absolute Gasteiger partial charge is 0.324 e. The molecule has 24 heavy (non-hydrogen) atoms. The molecule has 1 aliphatic carbocycles. The highest BCUT2D eigenvalue weighted by molar-refractivity contribution is 6.00. The zero-order chi connectivity index (χ0) is 18.7. The molecule has 0 amide bonds. The van der Waals surface area contributed by atoms with Gasteiger partial charge in [0, 0.05) is 0 Å². The lowest BCUT2D eigenvalue weighted by molar-refractivity contribution is -0.180. The molecule has 1 rings (SSSR count). The molecule has 0 bridgehead atoms. The van der Waals surface area contributed by atoms with Crippen molar-refractivity contribution in [3.8, 4) is 0 Å². The van der Waals surface area contributed by atoms with Crippen LogP contribution in [0.15, 0.2) is 0 Å². The summed E-state index contributed by atoms with van der Waals surface area (Å²) < 4.78 is 5.81. The fourth-order valence-corrected chi connectivity index (χ4v) is 4.59. The van der Waals surface area contributed by atoms with Crippen LogP contribution < -0.4 is 0 Å².